The molecule has 1 N–H and O–H groups in total. The number of aliphatic hydroxyl groups excluding tert-OH is 1. The summed E-state index contributed by atoms with van der Waals surface area (Å²) in [5.41, 5.74) is 0. The van der Waals surface area contributed by atoms with Gasteiger partial charge in [0.25, 0.3) is 0 Å². The van der Waals surface area contributed by atoms with E-state index in [0.717, 1.165) is 3.57 Å². The molecule has 4 nitrogen and oxygen atoms in total. The molecule has 0 radical (unpaired) electrons. The summed E-state index contributed by atoms with van der Waals surface area (Å²) in [7, 11) is 1.86. The number of likely N-dealkylation sites (N-methyl/N-ethyl adjacent to an activating group) is 1. The zero-order valence-electron chi connectivity index (χ0n) is 7.61. The summed E-state index contributed by atoms with van der Waals surface area (Å²) in [4.78, 5) is 10.1. The lowest BCUT2D eigenvalue weighted by Gasteiger charge is -2.17. The van der Waals surface area contributed by atoms with Crippen molar-refractivity contribution < 1.29 is 5.11 Å². The van der Waals surface area contributed by atoms with E-state index in [4.69, 9.17) is 5.11 Å². The number of hydrogen-bond acceptors (Lipinski definition) is 4. The average Bonchev–Trinajstić information content (AvgIpc) is 2.04. The topological polar surface area (TPSA) is 49.2 Å². The van der Waals surface area contributed by atoms with Gasteiger partial charge in [0.05, 0.1) is 6.10 Å². The zero-order chi connectivity index (χ0) is 9.84. The SMILES string of the molecule is CC(O)CN(C)c1ncc(I)cn1. The maximum Gasteiger partial charge on any atom is 0.225 e. The van der Waals surface area contributed by atoms with E-state index < -0.39 is 0 Å². The Balaban J connectivity index is 2.66. The van der Waals surface area contributed by atoms with Crippen LogP contribution in [0.4, 0.5) is 5.95 Å². The summed E-state index contributed by atoms with van der Waals surface area (Å²) in [6.45, 7) is 2.28. The van der Waals surface area contributed by atoms with Gasteiger partial charge in [-0.1, -0.05) is 0 Å². The molecular weight excluding hydrogens is 281 g/mol. The molecule has 0 aromatic carbocycles. The van der Waals surface area contributed by atoms with Gasteiger partial charge in [0, 0.05) is 29.6 Å². The van der Waals surface area contributed by atoms with E-state index in [1.807, 2.05) is 11.9 Å². The Morgan fingerprint density at radius 1 is 1.54 bits per heavy atom. The number of aromatic nitrogens is 2. The second-order valence-corrected chi connectivity index (χ2v) is 4.18. The van der Waals surface area contributed by atoms with Crippen LogP contribution in [0.25, 0.3) is 0 Å². The molecule has 1 unspecified atom stereocenters. The van der Waals surface area contributed by atoms with Gasteiger partial charge >= 0.3 is 0 Å². The Bertz CT molecular complexity index is 263. The van der Waals surface area contributed by atoms with Crippen LogP contribution < -0.4 is 4.90 Å². The third-order valence-electron chi connectivity index (χ3n) is 1.49. The fourth-order valence-corrected chi connectivity index (χ4v) is 1.26. The van der Waals surface area contributed by atoms with Gasteiger partial charge in [-0.25, -0.2) is 9.97 Å². The first-order chi connectivity index (χ1) is 6.09. The predicted molar refractivity (Wildman–Crippen MR) is 59.7 cm³/mol. The first kappa shape index (κ1) is 10.6. The summed E-state index contributed by atoms with van der Waals surface area (Å²) in [6, 6.07) is 0. The summed E-state index contributed by atoms with van der Waals surface area (Å²) in [5.74, 6) is 0.640. The van der Waals surface area contributed by atoms with Crippen molar-refractivity contribution >= 4 is 28.5 Å². The van der Waals surface area contributed by atoms with Crippen molar-refractivity contribution in [2.24, 2.45) is 0 Å². The Labute approximate surface area is 91.1 Å². The van der Waals surface area contributed by atoms with Crippen LogP contribution in [0.3, 0.4) is 0 Å². The molecular formula is C8H12IN3O. The molecule has 1 aromatic rings. The number of halogens is 1. The molecule has 0 spiro atoms. The summed E-state index contributed by atoms with van der Waals surface area (Å²) < 4.78 is 1.01. The molecule has 0 saturated heterocycles. The van der Waals surface area contributed by atoms with Crippen LogP contribution in [0, 0.1) is 3.57 Å². The standard InChI is InChI=1S/C8H12IN3O/c1-6(13)5-12(2)8-10-3-7(9)4-11-8/h3-4,6,13H,5H2,1-2H3. The maximum atomic E-state index is 9.14. The van der Waals surface area contributed by atoms with Crippen molar-refractivity contribution in [3.63, 3.8) is 0 Å². The van der Waals surface area contributed by atoms with Crippen LogP contribution in [-0.2, 0) is 0 Å². The summed E-state index contributed by atoms with van der Waals surface area (Å²) >= 11 is 2.15. The lowest BCUT2D eigenvalue weighted by Crippen LogP contribution is -2.28. The summed E-state index contributed by atoms with van der Waals surface area (Å²) in [6.07, 6.45) is 3.14. The highest BCUT2D eigenvalue weighted by Gasteiger charge is 2.05. The minimum Gasteiger partial charge on any atom is -0.392 e. The van der Waals surface area contributed by atoms with Crippen molar-refractivity contribution in [1.29, 1.82) is 0 Å². The van der Waals surface area contributed by atoms with Crippen molar-refractivity contribution in [2.75, 3.05) is 18.5 Å². The van der Waals surface area contributed by atoms with E-state index in [-0.39, 0.29) is 6.10 Å². The van der Waals surface area contributed by atoms with E-state index in [1.54, 1.807) is 19.3 Å². The largest absolute Gasteiger partial charge is 0.392 e. The molecule has 0 amide bonds. The summed E-state index contributed by atoms with van der Waals surface area (Å²) in [5, 5.41) is 9.14. The fraction of sp³-hybridized carbons (Fsp3) is 0.500. The van der Waals surface area contributed by atoms with Crippen LogP contribution in [0.1, 0.15) is 6.92 Å². The molecule has 0 saturated carbocycles. The lowest BCUT2D eigenvalue weighted by atomic mass is 10.4. The molecule has 72 valence electrons. The molecule has 1 rings (SSSR count). The minimum absolute atomic E-state index is 0.368. The predicted octanol–water partition coefficient (Wildman–Crippen LogP) is 0.898. The molecule has 1 aromatic heterocycles. The van der Waals surface area contributed by atoms with Crippen LogP contribution in [0.2, 0.25) is 0 Å². The Kier molecular flexibility index (Phi) is 3.86. The second kappa shape index (κ2) is 4.71. The maximum absolute atomic E-state index is 9.14. The van der Waals surface area contributed by atoms with Crippen LogP contribution in [0.5, 0.6) is 0 Å². The fourth-order valence-electron chi connectivity index (χ4n) is 0.981. The molecule has 0 aliphatic heterocycles. The number of nitrogens with zero attached hydrogens (tertiary/aromatic N) is 3. The van der Waals surface area contributed by atoms with Crippen molar-refractivity contribution in [2.45, 2.75) is 13.0 Å². The molecule has 1 atom stereocenters. The van der Waals surface area contributed by atoms with E-state index in [9.17, 15) is 0 Å². The first-order valence-electron chi connectivity index (χ1n) is 3.96. The van der Waals surface area contributed by atoms with Crippen LogP contribution in [0.15, 0.2) is 12.4 Å². The van der Waals surface area contributed by atoms with Crippen molar-refractivity contribution in [3.05, 3.63) is 16.0 Å². The van der Waals surface area contributed by atoms with Crippen LogP contribution in [-0.4, -0.2) is 34.8 Å². The molecule has 0 fully saturated rings. The highest BCUT2D eigenvalue weighted by molar-refractivity contribution is 14.1. The minimum atomic E-state index is -0.368. The van der Waals surface area contributed by atoms with E-state index in [0.29, 0.717) is 12.5 Å². The highest BCUT2D eigenvalue weighted by atomic mass is 127. The molecule has 13 heavy (non-hydrogen) atoms. The Hall–Kier alpha value is -0.430. The molecule has 1 heterocycles. The third-order valence-corrected chi connectivity index (χ3v) is 2.04. The third kappa shape index (κ3) is 3.43. The van der Waals surface area contributed by atoms with Crippen LogP contribution >= 0.6 is 22.6 Å². The second-order valence-electron chi connectivity index (χ2n) is 2.93. The molecule has 0 bridgehead atoms. The Morgan fingerprint density at radius 3 is 2.54 bits per heavy atom. The monoisotopic (exact) mass is 293 g/mol. The van der Waals surface area contributed by atoms with Gasteiger partial charge in [-0.3, -0.25) is 0 Å². The normalized spacial score (nSPS) is 12.6. The van der Waals surface area contributed by atoms with Gasteiger partial charge in [0.15, 0.2) is 0 Å². The van der Waals surface area contributed by atoms with E-state index in [1.165, 1.54) is 0 Å². The molecule has 5 heteroatoms. The molecule has 0 aliphatic rings. The smallest absolute Gasteiger partial charge is 0.225 e. The zero-order valence-corrected chi connectivity index (χ0v) is 9.76. The van der Waals surface area contributed by atoms with Crippen molar-refractivity contribution in [3.8, 4) is 0 Å². The van der Waals surface area contributed by atoms with E-state index in [2.05, 4.69) is 32.6 Å². The Morgan fingerprint density at radius 2 is 2.08 bits per heavy atom. The number of hydrogen-bond donors (Lipinski definition) is 1. The van der Waals surface area contributed by atoms with Gasteiger partial charge in [0.1, 0.15) is 0 Å². The molecule has 0 aliphatic carbocycles. The van der Waals surface area contributed by atoms with Gasteiger partial charge in [0.2, 0.25) is 5.95 Å². The highest BCUT2D eigenvalue weighted by Crippen LogP contribution is 2.06. The van der Waals surface area contributed by atoms with Gasteiger partial charge < -0.3 is 10.0 Å². The number of rotatable bonds is 3. The van der Waals surface area contributed by atoms with Gasteiger partial charge in [-0.05, 0) is 29.5 Å². The number of anilines is 1. The number of aliphatic hydroxyl groups is 1. The first-order valence-corrected chi connectivity index (χ1v) is 5.04. The lowest BCUT2D eigenvalue weighted by molar-refractivity contribution is 0.201. The van der Waals surface area contributed by atoms with E-state index >= 15 is 0 Å². The average molecular weight is 293 g/mol. The quantitative estimate of drug-likeness (QED) is 0.841. The van der Waals surface area contributed by atoms with Crippen molar-refractivity contribution in [1.82, 2.24) is 9.97 Å². The van der Waals surface area contributed by atoms with Gasteiger partial charge in [-0.15, -0.1) is 0 Å². The van der Waals surface area contributed by atoms with Gasteiger partial charge in [-0.2, -0.15) is 0 Å².